The molecule has 6 nitrogen and oxygen atoms in total. The van der Waals surface area contributed by atoms with Crippen LogP contribution in [0.15, 0.2) is 48.5 Å². The van der Waals surface area contributed by atoms with E-state index in [1.807, 2.05) is 18.2 Å². The molecule has 2 aromatic carbocycles. The normalized spacial score (nSPS) is 15.7. The minimum absolute atomic E-state index is 0.0452. The number of rotatable bonds is 4. The molecule has 0 aliphatic carbocycles. The van der Waals surface area contributed by atoms with Crippen molar-refractivity contribution in [2.24, 2.45) is 0 Å². The summed E-state index contributed by atoms with van der Waals surface area (Å²) < 4.78 is 26.8. The highest BCUT2D eigenvalue weighted by atomic mass is 35.5. The monoisotopic (exact) mass is 451 g/mol. The zero-order valence-corrected chi connectivity index (χ0v) is 17.8. The van der Waals surface area contributed by atoms with Crippen molar-refractivity contribution in [3.05, 3.63) is 69.8 Å². The molecule has 0 atom stereocenters. The molecule has 0 bridgehead atoms. The van der Waals surface area contributed by atoms with Crippen LogP contribution in [0.2, 0.25) is 10.0 Å². The summed E-state index contributed by atoms with van der Waals surface area (Å²) >= 11 is 12.4. The maximum atomic E-state index is 12.9. The fourth-order valence-electron chi connectivity index (χ4n) is 3.48. The lowest BCUT2D eigenvalue weighted by atomic mass is 10.2. The number of nitrogens with one attached hydrogen (secondary N) is 1. The van der Waals surface area contributed by atoms with Gasteiger partial charge < -0.3 is 9.88 Å². The van der Waals surface area contributed by atoms with E-state index in [9.17, 15) is 13.2 Å². The van der Waals surface area contributed by atoms with Crippen molar-refractivity contribution in [2.45, 2.75) is 5.75 Å². The molecule has 0 spiro atoms. The molecule has 1 saturated heterocycles. The number of piperazine rings is 1. The highest BCUT2D eigenvalue weighted by Gasteiger charge is 2.30. The Morgan fingerprint density at radius 1 is 1.00 bits per heavy atom. The maximum Gasteiger partial charge on any atom is 0.271 e. The fraction of sp³-hybridized carbons (Fsp3) is 0.250. The van der Waals surface area contributed by atoms with Gasteiger partial charge in [-0.05, 0) is 23.8 Å². The van der Waals surface area contributed by atoms with E-state index in [4.69, 9.17) is 23.2 Å². The van der Waals surface area contributed by atoms with Crippen LogP contribution in [0, 0.1) is 0 Å². The Bertz CT molecular complexity index is 1150. The number of aromatic nitrogens is 1. The molecule has 3 aromatic rings. The van der Waals surface area contributed by atoms with Crippen molar-refractivity contribution in [1.29, 1.82) is 0 Å². The van der Waals surface area contributed by atoms with Crippen molar-refractivity contribution >= 4 is 50.0 Å². The molecule has 0 unspecified atom stereocenters. The Kier molecular flexibility index (Phi) is 5.57. The largest absolute Gasteiger partial charge is 0.349 e. The third kappa shape index (κ3) is 4.14. The molecular weight excluding hydrogens is 433 g/mol. The van der Waals surface area contributed by atoms with E-state index < -0.39 is 10.0 Å². The molecule has 1 N–H and O–H groups in total. The first-order valence-electron chi connectivity index (χ1n) is 9.13. The Morgan fingerprint density at radius 2 is 1.69 bits per heavy atom. The van der Waals surface area contributed by atoms with E-state index in [1.54, 1.807) is 35.2 Å². The Hall–Kier alpha value is -2.06. The number of hydrogen-bond donors (Lipinski definition) is 1. The zero-order valence-electron chi connectivity index (χ0n) is 15.4. The van der Waals surface area contributed by atoms with Gasteiger partial charge in [0.15, 0.2) is 0 Å². The molecule has 0 saturated carbocycles. The number of benzene rings is 2. The van der Waals surface area contributed by atoms with Crippen LogP contribution in [0.3, 0.4) is 0 Å². The smallest absolute Gasteiger partial charge is 0.271 e. The van der Waals surface area contributed by atoms with Crippen LogP contribution < -0.4 is 0 Å². The topological polar surface area (TPSA) is 73.5 Å². The Morgan fingerprint density at radius 3 is 2.38 bits per heavy atom. The molecular formula is C20H19Cl2N3O3S. The van der Waals surface area contributed by atoms with Gasteiger partial charge in [0, 0.05) is 42.1 Å². The van der Waals surface area contributed by atoms with E-state index >= 15 is 0 Å². The van der Waals surface area contributed by atoms with Crippen LogP contribution in [-0.4, -0.2) is 54.7 Å². The second kappa shape index (κ2) is 7.99. The molecule has 2 heterocycles. The predicted octanol–water partition coefficient (Wildman–Crippen LogP) is 3.76. The SMILES string of the molecule is O=C(c1[nH]c2ccc(Cl)cc2c1Cl)N1CCN(S(=O)(=O)Cc2ccccc2)CC1. The molecule has 1 fully saturated rings. The standard InChI is InChI=1S/C20H19Cl2N3O3S/c21-15-6-7-17-16(12-15)18(22)19(23-17)20(26)24-8-10-25(11-9-24)29(27,28)13-14-4-2-1-3-5-14/h1-7,12,23H,8-11,13H2. The third-order valence-corrected chi connectivity index (χ3v) is 7.50. The van der Waals surface area contributed by atoms with Crippen LogP contribution >= 0.6 is 23.2 Å². The van der Waals surface area contributed by atoms with Gasteiger partial charge in [0.25, 0.3) is 5.91 Å². The summed E-state index contributed by atoms with van der Waals surface area (Å²) in [4.78, 5) is 17.6. The van der Waals surface area contributed by atoms with Crippen LogP contribution in [0.25, 0.3) is 10.9 Å². The second-order valence-electron chi connectivity index (χ2n) is 6.94. The van der Waals surface area contributed by atoms with Gasteiger partial charge in [0.1, 0.15) is 5.69 Å². The van der Waals surface area contributed by atoms with Gasteiger partial charge in [-0.2, -0.15) is 4.31 Å². The number of amides is 1. The number of aromatic amines is 1. The number of H-pyrrole nitrogens is 1. The molecule has 1 aromatic heterocycles. The molecule has 4 rings (SSSR count). The van der Waals surface area contributed by atoms with Gasteiger partial charge in [-0.25, -0.2) is 8.42 Å². The van der Waals surface area contributed by atoms with Gasteiger partial charge in [-0.15, -0.1) is 0 Å². The van der Waals surface area contributed by atoms with Gasteiger partial charge in [-0.3, -0.25) is 4.79 Å². The van der Waals surface area contributed by atoms with Crippen LogP contribution in [0.1, 0.15) is 16.1 Å². The fourth-order valence-corrected chi connectivity index (χ4v) is 5.45. The quantitative estimate of drug-likeness (QED) is 0.655. The summed E-state index contributed by atoms with van der Waals surface area (Å²) in [5.41, 5.74) is 1.77. The number of halogens is 2. The van der Waals surface area contributed by atoms with E-state index in [1.165, 1.54) is 4.31 Å². The lowest BCUT2D eigenvalue weighted by Crippen LogP contribution is -2.50. The second-order valence-corrected chi connectivity index (χ2v) is 9.72. The summed E-state index contributed by atoms with van der Waals surface area (Å²) in [6, 6.07) is 14.3. The van der Waals surface area contributed by atoms with Crippen molar-refractivity contribution in [2.75, 3.05) is 26.2 Å². The minimum Gasteiger partial charge on any atom is -0.349 e. The zero-order chi connectivity index (χ0) is 20.6. The number of carbonyl (C=O) groups is 1. The van der Waals surface area contributed by atoms with E-state index in [2.05, 4.69) is 4.98 Å². The molecule has 1 aliphatic heterocycles. The van der Waals surface area contributed by atoms with Crippen molar-refractivity contribution < 1.29 is 13.2 Å². The molecule has 29 heavy (non-hydrogen) atoms. The summed E-state index contributed by atoms with van der Waals surface area (Å²) in [7, 11) is -3.44. The van der Waals surface area contributed by atoms with E-state index in [0.717, 1.165) is 11.1 Å². The number of hydrogen-bond acceptors (Lipinski definition) is 3. The third-order valence-electron chi connectivity index (χ3n) is 5.02. The highest BCUT2D eigenvalue weighted by Crippen LogP contribution is 2.30. The van der Waals surface area contributed by atoms with Crippen LogP contribution in [0.5, 0.6) is 0 Å². The lowest BCUT2D eigenvalue weighted by molar-refractivity contribution is 0.0693. The van der Waals surface area contributed by atoms with E-state index in [0.29, 0.717) is 34.2 Å². The first kappa shape index (κ1) is 20.2. The summed E-state index contributed by atoms with van der Waals surface area (Å²) in [6.45, 7) is 1.12. The summed E-state index contributed by atoms with van der Waals surface area (Å²) in [6.07, 6.45) is 0. The molecule has 1 aliphatic rings. The molecule has 9 heteroatoms. The average molecular weight is 452 g/mol. The summed E-state index contributed by atoms with van der Waals surface area (Å²) in [5.74, 6) is -0.293. The lowest BCUT2D eigenvalue weighted by Gasteiger charge is -2.33. The number of nitrogens with zero attached hydrogens (tertiary/aromatic N) is 2. The predicted molar refractivity (Wildman–Crippen MR) is 115 cm³/mol. The van der Waals surface area contributed by atoms with Crippen molar-refractivity contribution in [1.82, 2.24) is 14.2 Å². The van der Waals surface area contributed by atoms with Gasteiger partial charge in [-0.1, -0.05) is 53.5 Å². The van der Waals surface area contributed by atoms with Crippen molar-refractivity contribution in [3.8, 4) is 0 Å². The van der Waals surface area contributed by atoms with E-state index in [-0.39, 0.29) is 24.7 Å². The molecule has 152 valence electrons. The maximum absolute atomic E-state index is 12.9. The van der Waals surface area contributed by atoms with Crippen molar-refractivity contribution in [3.63, 3.8) is 0 Å². The van der Waals surface area contributed by atoms with Gasteiger partial charge in [0.05, 0.1) is 10.8 Å². The number of carbonyl (C=O) groups excluding carboxylic acids is 1. The Balaban J connectivity index is 1.46. The first-order valence-corrected chi connectivity index (χ1v) is 11.5. The average Bonchev–Trinajstić information content (AvgIpc) is 3.04. The van der Waals surface area contributed by atoms with Gasteiger partial charge >= 0.3 is 0 Å². The van der Waals surface area contributed by atoms with Crippen LogP contribution in [-0.2, 0) is 15.8 Å². The number of sulfonamides is 1. The highest BCUT2D eigenvalue weighted by molar-refractivity contribution is 7.88. The molecule has 0 radical (unpaired) electrons. The Labute approximate surface area is 179 Å². The molecule has 1 amide bonds. The minimum atomic E-state index is -3.44. The number of fused-ring (bicyclic) bond motifs is 1. The summed E-state index contributed by atoms with van der Waals surface area (Å²) in [5, 5.41) is 1.55. The van der Waals surface area contributed by atoms with Gasteiger partial charge in [0.2, 0.25) is 10.0 Å². The first-order chi connectivity index (χ1) is 13.8. The van der Waals surface area contributed by atoms with Crippen LogP contribution in [0.4, 0.5) is 0 Å².